The summed E-state index contributed by atoms with van der Waals surface area (Å²) in [5.41, 5.74) is 2.24. The maximum absolute atomic E-state index is 13.3. The highest BCUT2D eigenvalue weighted by Gasteiger charge is 2.25. The lowest BCUT2D eigenvalue weighted by Gasteiger charge is -2.17. The first-order valence-electron chi connectivity index (χ1n) is 10.8. The number of carbonyl (C=O) groups is 1. The number of anilines is 1. The van der Waals surface area contributed by atoms with Gasteiger partial charge in [0.1, 0.15) is 17.5 Å². The maximum Gasteiger partial charge on any atom is 0.296 e. The second-order valence-corrected chi connectivity index (χ2v) is 9.52. The van der Waals surface area contributed by atoms with Gasteiger partial charge in [-0.1, -0.05) is 22.8 Å². The molecular formula is C24H23ClN6O4S. The van der Waals surface area contributed by atoms with Gasteiger partial charge in [-0.2, -0.15) is 0 Å². The van der Waals surface area contributed by atoms with Crippen LogP contribution in [0.5, 0.6) is 10.9 Å². The minimum absolute atomic E-state index is 0.0270. The Labute approximate surface area is 216 Å². The maximum atomic E-state index is 13.3. The fourth-order valence-corrected chi connectivity index (χ4v) is 4.29. The van der Waals surface area contributed by atoms with Crippen LogP contribution in [0.4, 0.5) is 5.13 Å². The zero-order valence-electron chi connectivity index (χ0n) is 19.9. The Morgan fingerprint density at radius 1 is 1.19 bits per heavy atom. The molecule has 4 aromatic heterocycles. The Kier molecular flexibility index (Phi) is 7.43. The van der Waals surface area contributed by atoms with Crippen LogP contribution in [0.25, 0.3) is 11.1 Å². The highest BCUT2D eigenvalue weighted by molar-refractivity contribution is 7.17. The molecule has 12 heteroatoms. The predicted octanol–water partition coefficient (Wildman–Crippen LogP) is 4.42. The van der Waals surface area contributed by atoms with E-state index in [0.717, 1.165) is 11.3 Å². The third kappa shape index (κ3) is 5.59. The zero-order valence-corrected chi connectivity index (χ0v) is 21.5. The molecule has 0 saturated carbocycles. The summed E-state index contributed by atoms with van der Waals surface area (Å²) in [5, 5.41) is 21.2. The monoisotopic (exact) mass is 526 g/mol. The highest BCUT2D eigenvalue weighted by atomic mass is 35.5. The molecule has 186 valence electrons. The summed E-state index contributed by atoms with van der Waals surface area (Å²) in [6.45, 7) is 5.27. The number of hydrogen-bond acceptors (Lipinski definition) is 10. The number of aromatic nitrogens is 5. The van der Waals surface area contributed by atoms with Gasteiger partial charge in [0, 0.05) is 29.7 Å². The van der Waals surface area contributed by atoms with Crippen LogP contribution in [0, 0.1) is 6.92 Å². The van der Waals surface area contributed by atoms with E-state index in [-0.39, 0.29) is 27.6 Å². The molecule has 0 saturated heterocycles. The Morgan fingerprint density at radius 2 is 1.94 bits per heavy atom. The molecule has 0 aliphatic carbocycles. The Hall–Kier alpha value is -3.67. The summed E-state index contributed by atoms with van der Waals surface area (Å²) in [6, 6.07) is 7.05. The van der Waals surface area contributed by atoms with Crippen LogP contribution in [0.15, 0.2) is 42.9 Å². The van der Waals surface area contributed by atoms with E-state index in [9.17, 15) is 9.90 Å². The van der Waals surface area contributed by atoms with Gasteiger partial charge in [0.2, 0.25) is 5.13 Å². The Morgan fingerprint density at radius 3 is 2.58 bits per heavy atom. The molecule has 0 atom stereocenters. The van der Waals surface area contributed by atoms with Crippen molar-refractivity contribution in [2.24, 2.45) is 0 Å². The molecule has 10 nitrogen and oxygen atoms in total. The van der Waals surface area contributed by atoms with Crippen LogP contribution in [0.2, 0.25) is 5.15 Å². The molecule has 0 aliphatic heterocycles. The number of nitrogens with zero attached hydrogens (tertiary/aromatic N) is 5. The van der Waals surface area contributed by atoms with Gasteiger partial charge in [-0.25, -0.2) is 4.98 Å². The first-order chi connectivity index (χ1) is 17.2. The largest absolute Gasteiger partial charge is 0.494 e. The number of aliphatic hydroxyl groups is 1. The van der Waals surface area contributed by atoms with Crippen molar-refractivity contribution in [1.29, 1.82) is 0 Å². The molecule has 0 unspecified atom stereocenters. The minimum Gasteiger partial charge on any atom is -0.494 e. The lowest BCUT2D eigenvalue weighted by molar-refractivity contribution is 0.0781. The number of halogens is 1. The average molecular weight is 527 g/mol. The van der Waals surface area contributed by atoms with Gasteiger partial charge in [0.25, 0.3) is 11.1 Å². The van der Waals surface area contributed by atoms with Crippen molar-refractivity contribution in [2.45, 2.75) is 33.0 Å². The van der Waals surface area contributed by atoms with Gasteiger partial charge < -0.3 is 14.6 Å². The number of pyridine rings is 3. The first kappa shape index (κ1) is 25.4. The van der Waals surface area contributed by atoms with Crippen LogP contribution in [-0.4, -0.2) is 43.3 Å². The normalized spacial score (nSPS) is 11.3. The molecule has 4 aromatic rings. The fourth-order valence-electron chi connectivity index (χ4n) is 3.39. The van der Waals surface area contributed by atoms with E-state index in [1.165, 1.54) is 7.11 Å². The van der Waals surface area contributed by atoms with Gasteiger partial charge in [0.15, 0.2) is 0 Å². The van der Waals surface area contributed by atoms with Gasteiger partial charge in [0.05, 0.1) is 29.7 Å². The smallest absolute Gasteiger partial charge is 0.296 e. The number of carbonyl (C=O) groups excluding carboxylic acids is 1. The van der Waals surface area contributed by atoms with Gasteiger partial charge >= 0.3 is 0 Å². The number of rotatable bonds is 8. The quantitative estimate of drug-likeness (QED) is 0.320. The van der Waals surface area contributed by atoms with Gasteiger partial charge in [-0.05, 0) is 55.9 Å². The molecule has 4 heterocycles. The number of aryl methyl sites for hydroxylation is 1. The van der Waals surface area contributed by atoms with E-state index in [1.807, 2.05) is 0 Å². The van der Waals surface area contributed by atoms with Gasteiger partial charge in [-0.3, -0.25) is 20.1 Å². The van der Waals surface area contributed by atoms with Crippen molar-refractivity contribution in [3.05, 3.63) is 70.5 Å². The van der Waals surface area contributed by atoms with E-state index in [2.05, 4.69) is 30.5 Å². The third-order valence-electron chi connectivity index (χ3n) is 5.18. The summed E-state index contributed by atoms with van der Waals surface area (Å²) in [4.78, 5) is 25.9. The van der Waals surface area contributed by atoms with Crippen molar-refractivity contribution in [1.82, 2.24) is 25.1 Å². The van der Waals surface area contributed by atoms with Crippen molar-refractivity contribution >= 4 is 34.0 Å². The van der Waals surface area contributed by atoms with E-state index in [0.29, 0.717) is 33.8 Å². The van der Waals surface area contributed by atoms with Gasteiger partial charge in [-0.15, -0.1) is 5.10 Å². The van der Waals surface area contributed by atoms with Crippen LogP contribution < -0.4 is 14.8 Å². The molecule has 0 radical (unpaired) electrons. The van der Waals surface area contributed by atoms with Crippen LogP contribution in [-0.2, 0) is 12.2 Å². The van der Waals surface area contributed by atoms with Crippen molar-refractivity contribution in [3.63, 3.8) is 0 Å². The van der Waals surface area contributed by atoms with E-state index in [4.69, 9.17) is 21.1 Å². The first-order valence-corrected chi connectivity index (χ1v) is 12.0. The zero-order chi connectivity index (χ0) is 25.9. The van der Waals surface area contributed by atoms with Crippen molar-refractivity contribution in [3.8, 4) is 22.1 Å². The second kappa shape index (κ2) is 10.5. The lowest BCUT2D eigenvalue weighted by atomic mass is 9.99. The minimum atomic E-state index is -0.976. The van der Waals surface area contributed by atoms with Crippen LogP contribution in [0.3, 0.4) is 0 Å². The van der Waals surface area contributed by atoms with Crippen molar-refractivity contribution in [2.75, 3.05) is 12.4 Å². The van der Waals surface area contributed by atoms with Crippen molar-refractivity contribution < 1.29 is 19.4 Å². The Bertz CT molecular complexity index is 1370. The lowest BCUT2D eigenvalue weighted by Crippen LogP contribution is -2.16. The number of hydrogen-bond donors (Lipinski definition) is 2. The SMILES string of the molecule is COc1c(C)nc(Cl)c(C(=O)Nc2nnc(OCc3ccc(C(C)(C)O)cn3)s2)c1-c1ccncc1. The number of methoxy groups -OCH3 is 1. The summed E-state index contributed by atoms with van der Waals surface area (Å²) in [5.74, 6) is -0.0932. The summed E-state index contributed by atoms with van der Waals surface area (Å²) < 4.78 is 11.2. The molecule has 0 fully saturated rings. The number of ether oxygens (including phenoxy) is 2. The van der Waals surface area contributed by atoms with Crippen LogP contribution in [0.1, 0.15) is 41.2 Å². The standard InChI is InChI=1S/C24H23ClN6O4S/c1-13-19(34-4)17(14-7-9-26-10-8-14)18(20(25)28-13)21(32)29-22-30-31-23(36-22)35-12-16-6-5-15(11-27-16)24(2,3)33/h5-11,33H,12H2,1-4H3,(H,29,30,32). The molecule has 4 rings (SSSR count). The average Bonchev–Trinajstić information content (AvgIpc) is 3.29. The van der Waals surface area contributed by atoms with E-state index >= 15 is 0 Å². The second-order valence-electron chi connectivity index (χ2n) is 8.22. The third-order valence-corrected chi connectivity index (χ3v) is 6.20. The summed E-state index contributed by atoms with van der Waals surface area (Å²) >= 11 is 7.47. The molecule has 0 spiro atoms. The molecule has 1 amide bonds. The van der Waals surface area contributed by atoms with E-state index < -0.39 is 11.5 Å². The molecule has 0 aromatic carbocycles. The summed E-state index contributed by atoms with van der Waals surface area (Å²) in [7, 11) is 1.51. The topological polar surface area (TPSA) is 132 Å². The molecule has 0 aliphatic rings. The number of amides is 1. The van der Waals surface area contributed by atoms with E-state index in [1.54, 1.807) is 63.6 Å². The predicted molar refractivity (Wildman–Crippen MR) is 135 cm³/mol. The van der Waals surface area contributed by atoms with Crippen LogP contribution >= 0.6 is 22.9 Å². The summed E-state index contributed by atoms with van der Waals surface area (Å²) in [6.07, 6.45) is 4.82. The highest BCUT2D eigenvalue weighted by Crippen LogP contribution is 2.39. The molecule has 36 heavy (non-hydrogen) atoms. The number of nitrogens with one attached hydrogen (secondary N) is 1. The molecule has 0 bridgehead atoms. The molecular weight excluding hydrogens is 504 g/mol. The Balaban J connectivity index is 1.52. The fraction of sp³-hybridized carbons (Fsp3) is 0.250. The molecule has 2 N–H and O–H groups in total.